The number of aromatic nitrogens is 5. The van der Waals surface area contributed by atoms with Crippen molar-refractivity contribution in [3.63, 3.8) is 0 Å². The van der Waals surface area contributed by atoms with E-state index in [9.17, 15) is 14.3 Å². The molecular formula is C38H35F3N6O3S. The number of imidazole rings is 1. The number of aliphatic hydroxyl groups excluding tert-OH is 1. The first-order valence-electron chi connectivity index (χ1n) is 16.8. The molecule has 2 aliphatic rings. The summed E-state index contributed by atoms with van der Waals surface area (Å²) in [5, 5.41) is 16.2. The van der Waals surface area contributed by atoms with Crippen molar-refractivity contribution in [1.82, 2.24) is 29.2 Å². The summed E-state index contributed by atoms with van der Waals surface area (Å²) >= 11 is 1.13. The third-order valence-electron chi connectivity index (χ3n) is 10.2. The van der Waals surface area contributed by atoms with Gasteiger partial charge in [0.2, 0.25) is 5.91 Å². The summed E-state index contributed by atoms with van der Waals surface area (Å²) in [5.41, 5.74) is 3.93. The largest absolute Gasteiger partial charge is 0.492 e. The Morgan fingerprint density at radius 1 is 1.08 bits per heavy atom. The quantitative estimate of drug-likeness (QED) is 0.169. The van der Waals surface area contributed by atoms with Crippen LogP contribution in [0, 0.1) is 30.3 Å². The normalized spacial score (nSPS) is 20.1. The second kappa shape index (κ2) is 12.3. The van der Waals surface area contributed by atoms with E-state index < -0.39 is 23.6 Å². The number of carbonyl (C=O) groups excluding carboxylic acids is 1. The number of amides is 1. The van der Waals surface area contributed by atoms with Gasteiger partial charge >= 0.3 is 0 Å². The summed E-state index contributed by atoms with van der Waals surface area (Å²) in [5.74, 6) is -1.89. The van der Waals surface area contributed by atoms with Crippen molar-refractivity contribution in [1.29, 1.82) is 0 Å². The summed E-state index contributed by atoms with van der Waals surface area (Å²) < 4.78 is 57.8. The number of pyridine rings is 1. The predicted octanol–water partition coefficient (Wildman–Crippen LogP) is 7.91. The number of hydrogen-bond donors (Lipinski definition) is 1. The van der Waals surface area contributed by atoms with Gasteiger partial charge in [-0.2, -0.15) is 5.10 Å². The molecule has 51 heavy (non-hydrogen) atoms. The standard InChI is InChI=1S/C38H35F3N6O3S/c1-6-32(49)46-15-18(2)47-30(19(46)3)14-28(44-47)37-35(33-25(40)12-23(39)13-31(33)50-16-21-9-24(48)10-21)34-26(41)17-51-38(34)36(43-37)22-7-8-29-27(11-22)42-20(4)45(29)5/h6-8,11-14,17-19,21,24,48H,1,9-10,15-16H2,2-5H3/t18-,19+,21?,24?/m0/s1. The lowest BCUT2D eigenvalue weighted by atomic mass is 9.83. The number of aryl methyl sites for hydroxylation is 2. The number of ether oxygens (including phenoxy) is 1. The molecule has 1 fully saturated rings. The van der Waals surface area contributed by atoms with Crippen LogP contribution in [-0.2, 0) is 11.8 Å². The van der Waals surface area contributed by atoms with Crippen molar-refractivity contribution in [3.8, 4) is 39.5 Å². The van der Waals surface area contributed by atoms with Gasteiger partial charge in [-0.05, 0) is 63.8 Å². The van der Waals surface area contributed by atoms with Crippen molar-refractivity contribution in [2.45, 2.75) is 51.8 Å². The third-order valence-corrected chi connectivity index (χ3v) is 11.2. The molecule has 8 rings (SSSR count). The number of rotatable bonds is 7. The van der Waals surface area contributed by atoms with Gasteiger partial charge in [0.05, 0.1) is 57.5 Å². The van der Waals surface area contributed by atoms with Crippen molar-refractivity contribution in [3.05, 3.63) is 83.4 Å². The Bertz CT molecular complexity index is 2390. The Morgan fingerprint density at radius 3 is 2.61 bits per heavy atom. The summed E-state index contributed by atoms with van der Waals surface area (Å²) in [6, 6.07) is 8.75. The Hall–Kier alpha value is -5.01. The summed E-state index contributed by atoms with van der Waals surface area (Å²) in [4.78, 5) is 24.3. The van der Waals surface area contributed by atoms with Crippen molar-refractivity contribution in [2.24, 2.45) is 13.0 Å². The number of fused-ring (bicyclic) bond motifs is 3. The lowest BCUT2D eigenvalue weighted by molar-refractivity contribution is -0.129. The lowest BCUT2D eigenvalue weighted by Gasteiger charge is -2.36. The molecule has 262 valence electrons. The highest BCUT2D eigenvalue weighted by atomic mass is 32.1. The minimum Gasteiger partial charge on any atom is -0.492 e. The SMILES string of the molecule is C=CC(=O)N1C[C@H](C)n2nc(-c3nc(-c4ccc5c(c4)nc(C)n5C)c4scc(F)c4c3-c3c(F)cc(F)cc3OCC3CC(O)C3)cc2[C@H]1C. The Morgan fingerprint density at radius 2 is 1.86 bits per heavy atom. The fraction of sp³-hybridized carbons (Fsp3) is 0.316. The third kappa shape index (κ3) is 5.41. The van der Waals surface area contributed by atoms with Crippen LogP contribution in [0.15, 0.2) is 54.4 Å². The molecule has 9 nitrogen and oxygen atoms in total. The number of aliphatic hydroxyl groups is 1. The first-order chi connectivity index (χ1) is 24.4. The molecule has 4 aromatic heterocycles. The van der Waals surface area contributed by atoms with Gasteiger partial charge in [0.25, 0.3) is 0 Å². The molecule has 1 amide bonds. The van der Waals surface area contributed by atoms with Gasteiger partial charge < -0.3 is 19.3 Å². The second-order valence-corrected chi connectivity index (χ2v) is 14.5. The number of hydrogen-bond acceptors (Lipinski definition) is 7. The maximum Gasteiger partial charge on any atom is 0.246 e. The van der Waals surface area contributed by atoms with Crippen molar-refractivity contribution >= 4 is 38.4 Å². The average Bonchev–Trinajstić information content (AvgIpc) is 3.79. The molecule has 0 saturated heterocycles. The van der Waals surface area contributed by atoms with Crippen molar-refractivity contribution in [2.75, 3.05) is 13.2 Å². The number of benzene rings is 2. The van der Waals surface area contributed by atoms with Crippen LogP contribution in [0.3, 0.4) is 0 Å². The number of carbonyl (C=O) groups is 1. The van der Waals surface area contributed by atoms with Crippen LogP contribution < -0.4 is 4.74 Å². The molecule has 0 unspecified atom stereocenters. The molecule has 6 aromatic rings. The minimum atomic E-state index is -0.944. The maximum absolute atomic E-state index is 16.3. The smallest absolute Gasteiger partial charge is 0.246 e. The minimum absolute atomic E-state index is 0.00580. The van der Waals surface area contributed by atoms with E-state index in [4.69, 9.17) is 19.8 Å². The van der Waals surface area contributed by atoms with Gasteiger partial charge in [-0.25, -0.2) is 23.1 Å². The number of halogens is 3. The highest BCUT2D eigenvalue weighted by Gasteiger charge is 2.35. The van der Waals surface area contributed by atoms with Gasteiger partial charge in [0.1, 0.15) is 40.4 Å². The van der Waals surface area contributed by atoms with Gasteiger partial charge in [0, 0.05) is 47.6 Å². The number of thiophene rings is 1. The fourth-order valence-corrected chi connectivity index (χ4v) is 8.32. The molecule has 1 aliphatic heterocycles. The molecule has 2 atom stereocenters. The molecule has 1 saturated carbocycles. The highest BCUT2D eigenvalue weighted by Crippen LogP contribution is 2.49. The first kappa shape index (κ1) is 33.2. The van der Waals surface area contributed by atoms with Crippen LogP contribution in [0.5, 0.6) is 5.75 Å². The van der Waals surface area contributed by atoms with Gasteiger partial charge in [-0.3, -0.25) is 9.48 Å². The molecule has 13 heteroatoms. The fourth-order valence-electron chi connectivity index (χ4n) is 7.39. The van der Waals surface area contributed by atoms with E-state index in [0.717, 1.165) is 40.3 Å². The van der Waals surface area contributed by atoms with E-state index in [1.54, 1.807) is 11.0 Å². The Balaban J connectivity index is 1.40. The van der Waals surface area contributed by atoms with Crippen LogP contribution in [0.2, 0.25) is 0 Å². The average molecular weight is 713 g/mol. The van der Waals surface area contributed by atoms with E-state index in [1.165, 1.54) is 11.5 Å². The number of nitrogens with zero attached hydrogens (tertiary/aromatic N) is 6. The van der Waals surface area contributed by atoms with E-state index >= 15 is 8.78 Å². The molecule has 0 radical (unpaired) electrons. The summed E-state index contributed by atoms with van der Waals surface area (Å²) in [6.45, 7) is 9.89. The molecular weight excluding hydrogens is 678 g/mol. The van der Waals surface area contributed by atoms with Crippen LogP contribution in [0.4, 0.5) is 13.2 Å². The van der Waals surface area contributed by atoms with E-state index in [-0.39, 0.29) is 58.5 Å². The van der Waals surface area contributed by atoms with Crippen LogP contribution in [0.25, 0.3) is 54.9 Å². The molecule has 0 bridgehead atoms. The van der Waals surface area contributed by atoms with Crippen LogP contribution >= 0.6 is 11.3 Å². The monoisotopic (exact) mass is 712 g/mol. The second-order valence-electron chi connectivity index (χ2n) is 13.6. The van der Waals surface area contributed by atoms with E-state index in [2.05, 4.69) is 6.58 Å². The lowest BCUT2D eigenvalue weighted by Crippen LogP contribution is -2.42. The Labute approximate surface area is 295 Å². The molecule has 1 N–H and O–H groups in total. The molecule has 0 spiro atoms. The first-order valence-corrected chi connectivity index (χ1v) is 17.7. The van der Waals surface area contributed by atoms with Gasteiger partial charge in [-0.15, -0.1) is 11.3 Å². The Kier molecular flexibility index (Phi) is 8.02. The summed E-state index contributed by atoms with van der Waals surface area (Å²) in [7, 11) is 1.93. The maximum atomic E-state index is 16.3. The molecule has 5 heterocycles. The van der Waals surface area contributed by atoms with Crippen LogP contribution in [0.1, 0.15) is 50.3 Å². The highest BCUT2D eigenvalue weighted by molar-refractivity contribution is 7.17. The topological polar surface area (TPSA) is 98.3 Å². The van der Waals surface area contributed by atoms with Gasteiger partial charge in [-0.1, -0.05) is 12.6 Å². The zero-order chi connectivity index (χ0) is 35.9. The van der Waals surface area contributed by atoms with Crippen molar-refractivity contribution < 1.29 is 27.8 Å². The van der Waals surface area contributed by atoms with E-state index in [1.807, 2.05) is 55.3 Å². The molecule has 2 aromatic carbocycles. The van der Waals surface area contributed by atoms with Gasteiger partial charge in [0.15, 0.2) is 0 Å². The zero-order valence-corrected chi connectivity index (χ0v) is 29.3. The predicted molar refractivity (Wildman–Crippen MR) is 190 cm³/mol. The van der Waals surface area contributed by atoms with Crippen LogP contribution in [-0.4, -0.2) is 59.5 Å². The summed E-state index contributed by atoms with van der Waals surface area (Å²) in [6.07, 6.45) is 1.87. The van der Waals surface area contributed by atoms with E-state index in [0.29, 0.717) is 46.7 Å². The molecule has 1 aliphatic carbocycles. The zero-order valence-electron chi connectivity index (χ0n) is 28.5.